The van der Waals surface area contributed by atoms with Gasteiger partial charge in [0.25, 0.3) is 11.5 Å². The molecule has 10 heteroatoms. The smallest absolute Gasteiger partial charge is 0.267 e. The van der Waals surface area contributed by atoms with E-state index >= 15 is 0 Å². The summed E-state index contributed by atoms with van der Waals surface area (Å²) in [6, 6.07) is 13.5. The molecule has 0 saturated carbocycles. The molecule has 3 aromatic rings. The third-order valence-electron chi connectivity index (χ3n) is 6.65. The average molecular weight is 536 g/mol. The summed E-state index contributed by atoms with van der Waals surface area (Å²) in [5.41, 5.74) is 1.92. The molecule has 192 valence electrons. The number of amides is 1. The Labute approximate surface area is 225 Å². The second kappa shape index (κ2) is 10.9. The van der Waals surface area contributed by atoms with Crippen molar-refractivity contribution in [2.75, 3.05) is 49.6 Å². The van der Waals surface area contributed by atoms with Gasteiger partial charge in [-0.15, -0.1) is 0 Å². The maximum absolute atomic E-state index is 13.6. The number of aromatic nitrogens is 2. The van der Waals surface area contributed by atoms with Gasteiger partial charge in [0.15, 0.2) is 0 Å². The van der Waals surface area contributed by atoms with E-state index in [4.69, 9.17) is 21.9 Å². The Morgan fingerprint density at radius 2 is 1.78 bits per heavy atom. The Morgan fingerprint density at radius 1 is 1.05 bits per heavy atom. The number of rotatable bonds is 7. The van der Waals surface area contributed by atoms with Gasteiger partial charge in [-0.2, -0.15) is 0 Å². The lowest BCUT2D eigenvalue weighted by molar-refractivity contribution is -0.122. The summed E-state index contributed by atoms with van der Waals surface area (Å²) >= 11 is 6.72. The van der Waals surface area contributed by atoms with E-state index in [1.807, 2.05) is 24.3 Å². The molecule has 2 aliphatic rings. The largest absolute Gasteiger partial charge is 0.497 e. The quantitative estimate of drug-likeness (QED) is 0.332. The van der Waals surface area contributed by atoms with Crippen molar-refractivity contribution in [1.82, 2.24) is 14.3 Å². The lowest BCUT2D eigenvalue weighted by Crippen LogP contribution is -2.47. The van der Waals surface area contributed by atoms with Crippen LogP contribution in [0.3, 0.4) is 0 Å². The molecule has 0 spiro atoms. The van der Waals surface area contributed by atoms with E-state index in [0.717, 1.165) is 37.4 Å². The predicted molar refractivity (Wildman–Crippen MR) is 154 cm³/mol. The van der Waals surface area contributed by atoms with Gasteiger partial charge in [-0.3, -0.25) is 18.9 Å². The van der Waals surface area contributed by atoms with Crippen molar-refractivity contribution in [1.29, 1.82) is 0 Å². The zero-order chi connectivity index (χ0) is 25.9. The molecule has 2 saturated heterocycles. The number of hydrogen-bond donors (Lipinski definition) is 0. The summed E-state index contributed by atoms with van der Waals surface area (Å²) in [6.07, 6.45) is 5.24. The van der Waals surface area contributed by atoms with Crippen LogP contribution in [0.15, 0.2) is 58.4 Å². The highest BCUT2D eigenvalue weighted by Crippen LogP contribution is 2.34. The number of ether oxygens (including phenoxy) is 1. The number of benzene rings is 1. The molecule has 5 rings (SSSR count). The van der Waals surface area contributed by atoms with Crippen LogP contribution in [-0.2, 0) is 4.79 Å². The Hall–Kier alpha value is -3.37. The van der Waals surface area contributed by atoms with Crippen LogP contribution in [0.25, 0.3) is 11.7 Å². The molecule has 0 bridgehead atoms. The lowest BCUT2D eigenvalue weighted by atomic mass is 10.2. The number of pyridine rings is 1. The Kier molecular flexibility index (Phi) is 7.48. The van der Waals surface area contributed by atoms with Crippen LogP contribution in [0, 0.1) is 0 Å². The van der Waals surface area contributed by atoms with Crippen LogP contribution in [-0.4, -0.2) is 64.3 Å². The van der Waals surface area contributed by atoms with E-state index in [1.165, 1.54) is 16.2 Å². The number of nitrogens with zero attached hydrogens (tertiary/aromatic N) is 5. The van der Waals surface area contributed by atoms with Crippen molar-refractivity contribution in [3.05, 3.63) is 69.5 Å². The highest BCUT2D eigenvalue weighted by Gasteiger charge is 2.32. The van der Waals surface area contributed by atoms with Crippen LogP contribution in [0.5, 0.6) is 5.75 Å². The fraction of sp³-hybridized carbons (Fsp3) is 0.333. The maximum atomic E-state index is 13.6. The Balaban J connectivity index is 1.47. The Bertz CT molecular complexity index is 1410. The topological polar surface area (TPSA) is 70.4 Å². The van der Waals surface area contributed by atoms with Gasteiger partial charge in [0, 0.05) is 44.6 Å². The minimum atomic E-state index is -0.197. The summed E-state index contributed by atoms with van der Waals surface area (Å²) < 4.78 is 7.34. The molecule has 0 aliphatic carbocycles. The maximum Gasteiger partial charge on any atom is 0.267 e. The molecule has 0 radical (unpaired) electrons. The first-order valence-electron chi connectivity index (χ1n) is 12.4. The highest BCUT2D eigenvalue weighted by atomic mass is 32.2. The summed E-state index contributed by atoms with van der Waals surface area (Å²) in [5.74, 6) is 1.29. The van der Waals surface area contributed by atoms with Crippen molar-refractivity contribution >= 4 is 57.4 Å². The first-order valence-corrected chi connectivity index (χ1v) is 13.6. The predicted octanol–water partition coefficient (Wildman–Crippen LogP) is 4.03. The SMILES string of the molecule is CCCCN1C(=O)C(=Cc2c(N3CCN(c4ccc(OC)cc4)CC3)nc3ccccn3c2=O)SC1=S. The number of anilines is 2. The summed E-state index contributed by atoms with van der Waals surface area (Å²) in [5, 5.41) is 0. The zero-order valence-electron chi connectivity index (χ0n) is 20.9. The number of unbranched alkanes of at least 4 members (excludes halogenated alkanes) is 1. The first-order chi connectivity index (χ1) is 18.0. The van der Waals surface area contributed by atoms with E-state index in [2.05, 4.69) is 28.9 Å². The lowest BCUT2D eigenvalue weighted by Gasteiger charge is -2.37. The van der Waals surface area contributed by atoms with Gasteiger partial charge in [-0.05, 0) is 48.9 Å². The number of thioether (sulfide) groups is 1. The monoisotopic (exact) mass is 535 g/mol. The molecular weight excluding hydrogens is 506 g/mol. The molecule has 0 unspecified atom stereocenters. The third-order valence-corrected chi connectivity index (χ3v) is 8.03. The van der Waals surface area contributed by atoms with Gasteiger partial charge in [-0.25, -0.2) is 4.98 Å². The van der Waals surface area contributed by atoms with Crippen molar-refractivity contribution in [3.8, 4) is 5.75 Å². The molecule has 1 aromatic carbocycles. The van der Waals surface area contributed by atoms with Gasteiger partial charge < -0.3 is 14.5 Å². The molecule has 4 heterocycles. The van der Waals surface area contributed by atoms with Crippen LogP contribution in [0.4, 0.5) is 11.5 Å². The van der Waals surface area contributed by atoms with Gasteiger partial charge in [0.1, 0.15) is 21.5 Å². The second-order valence-corrected chi connectivity index (χ2v) is 10.6. The standard InChI is InChI=1S/C27H29N5O3S2/c1-3-4-12-32-26(34)22(37-27(32)36)18-21-24(28-23-7-5-6-13-31(23)25(21)33)30-16-14-29(15-17-30)19-8-10-20(35-2)11-9-19/h5-11,13,18H,3-4,12,14-17H2,1-2H3. The molecule has 2 aliphatic heterocycles. The van der Waals surface area contributed by atoms with E-state index < -0.39 is 0 Å². The molecule has 1 amide bonds. The van der Waals surface area contributed by atoms with Gasteiger partial charge >= 0.3 is 0 Å². The highest BCUT2D eigenvalue weighted by molar-refractivity contribution is 8.26. The molecule has 0 N–H and O–H groups in total. The molecular formula is C27H29N5O3S2. The minimum absolute atomic E-state index is 0.142. The number of methoxy groups -OCH3 is 1. The molecule has 37 heavy (non-hydrogen) atoms. The minimum Gasteiger partial charge on any atom is -0.497 e. The van der Waals surface area contributed by atoms with Crippen LogP contribution in [0.2, 0.25) is 0 Å². The number of fused-ring (bicyclic) bond motifs is 1. The number of thiocarbonyl (C=S) groups is 1. The van der Waals surface area contributed by atoms with Crippen LogP contribution in [0.1, 0.15) is 25.3 Å². The number of carbonyl (C=O) groups excluding carboxylic acids is 1. The van der Waals surface area contributed by atoms with Crippen molar-refractivity contribution in [3.63, 3.8) is 0 Å². The van der Waals surface area contributed by atoms with E-state index in [0.29, 0.717) is 45.9 Å². The molecule has 2 fully saturated rings. The van der Waals surface area contributed by atoms with Crippen LogP contribution < -0.4 is 20.1 Å². The van der Waals surface area contributed by atoms with E-state index in [9.17, 15) is 9.59 Å². The third kappa shape index (κ3) is 5.08. The van der Waals surface area contributed by atoms with Crippen molar-refractivity contribution in [2.24, 2.45) is 0 Å². The van der Waals surface area contributed by atoms with Gasteiger partial charge in [0.05, 0.1) is 17.6 Å². The second-order valence-electron chi connectivity index (χ2n) is 8.94. The van der Waals surface area contributed by atoms with E-state index in [1.54, 1.807) is 30.3 Å². The summed E-state index contributed by atoms with van der Waals surface area (Å²) in [7, 11) is 1.66. The fourth-order valence-corrected chi connectivity index (χ4v) is 5.86. The van der Waals surface area contributed by atoms with Gasteiger partial charge in [-0.1, -0.05) is 43.4 Å². The van der Waals surface area contributed by atoms with Crippen molar-refractivity contribution < 1.29 is 9.53 Å². The van der Waals surface area contributed by atoms with Crippen LogP contribution >= 0.6 is 24.0 Å². The normalized spacial score (nSPS) is 17.4. The molecule has 2 aromatic heterocycles. The van der Waals surface area contributed by atoms with E-state index in [-0.39, 0.29) is 11.5 Å². The number of piperazine rings is 1. The molecule has 8 nitrogen and oxygen atoms in total. The van der Waals surface area contributed by atoms with Gasteiger partial charge in [0.2, 0.25) is 0 Å². The Morgan fingerprint density at radius 3 is 2.49 bits per heavy atom. The number of carbonyl (C=O) groups is 1. The summed E-state index contributed by atoms with van der Waals surface area (Å²) in [6.45, 7) is 5.62. The average Bonchev–Trinajstić information content (AvgIpc) is 3.20. The van der Waals surface area contributed by atoms with Crippen molar-refractivity contribution in [2.45, 2.75) is 19.8 Å². The zero-order valence-corrected chi connectivity index (χ0v) is 22.6. The summed E-state index contributed by atoms with van der Waals surface area (Å²) in [4.78, 5) is 38.2. The fourth-order valence-electron chi connectivity index (χ4n) is 4.57. The number of hydrogen-bond acceptors (Lipinski definition) is 8. The first kappa shape index (κ1) is 25.3. The molecule has 0 atom stereocenters.